The van der Waals surface area contributed by atoms with E-state index in [1.54, 1.807) is 6.20 Å². The Morgan fingerprint density at radius 3 is 2.50 bits per heavy atom. The smallest absolute Gasteiger partial charge is 0.226 e. The van der Waals surface area contributed by atoms with Crippen molar-refractivity contribution in [2.75, 3.05) is 0 Å². The summed E-state index contributed by atoms with van der Waals surface area (Å²) >= 11 is 5.78. The van der Waals surface area contributed by atoms with Crippen LogP contribution in [0.25, 0.3) is 0 Å². The van der Waals surface area contributed by atoms with Gasteiger partial charge in [0.25, 0.3) is 0 Å². The number of hydrogen-bond acceptors (Lipinski definition) is 3. The lowest BCUT2D eigenvalue weighted by molar-refractivity contribution is 0.453. The molecule has 2 aromatic rings. The van der Waals surface area contributed by atoms with Crippen LogP contribution in [0.1, 0.15) is 22.3 Å². The van der Waals surface area contributed by atoms with Crippen LogP contribution in [0.2, 0.25) is 5.28 Å². The molecule has 0 fully saturated rings. The Labute approximate surface area is 112 Å². The lowest BCUT2D eigenvalue weighted by atomic mass is 10.1. The first kappa shape index (κ1) is 12.8. The molecule has 0 N–H and O–H groups in total. The van der Waals surface area contributed by atoms with Crippen LogP contribution >= 0.6 is 11.6 Å². The zero-order chi connectivity index (χ0) is 13.3. The van der Waals surface area contributed by atoms with Gasteiger partial charge in [0.15, 0.2) is 0 Å². The Kier molecular flexibility index (Phi) is 3.53. The SMILES string of the molecule is Cc1cc(C)c(C)c(Oc2nc(Cl)ncc2C)c1. The molecule has 18 heavy (non-hydrogen) atoms. The molecule has 0 spiro atoms. The van der Waals surface area contributed by atoms with Crippen molar-refractivity contribution in [1.82, 2.24) is 9.97 Å². The van der Waals surface area contributed by atoms with Crippen LogP contribution in [-0.4, -0.2) is 9.97 Å². The van der Waals surface area contributed by atoms with Crippen molar-refractivity contribution < 1.29 is 4.74 Å². The fourth-order valence-electron chi connectivity index (χ4n) is 1.72. The van der Waals surface area contributed by atoms with Gasteiger partial charge in [0, 0.05) is 11.8 Å². The maximum atomic E-state index is 5.85. The fraction of sp³-hybridized carbons (Fsp3) is 0.286. The predicted octanol–water partition coefficient (Wildman–Crippen LogP) is 4.16. The average molecular weight is 263 g/mol. The minimum absolute atomic E-state index is 0.192. The van der Waals surface area contributed by atoms with Gasteiger partial charge in [0.2, 0.25) is 11.2 Å². The van der Waals surface area contributed by atoms with Gasteiger partial charge in [-0.05, 0) is 62.1 Å². The number of halogens is 1. The largest absolute Gasteiger partial charge is 0.438 e. The third-order valence-corrected chi connectivity index (χ3v) is 3.05. The van der Waals surface area contributed by atoms with Gasteiger partial charge in [-0.15, -0.1) is 0 Å². The molecule has 1 heterocycles. The number of nitrogens with zero attached hydrogens (tertiary/aromatic N) is 2. The Morgan fingerprint density at radius 2 is 1.78 bits per heavy atom. The molecule has 0 saturated heterocycles. The van der Waals surface area contributed by atoms with Crippen molar-refractivity contribution in [2.45, 2.75) is 27.7 Å². The van der Waals surface area contributed by atoms with Gasteiger partial charge in [-0.25, -0.2) is 4.98 Å². The summed E-state index contributed by atoms with van der Waals surface area (Å²) in [5.74, 6) is 1.31. The number of aryl methyl sites for hydroxylation is 3. The van der Waals surface area contributed by atoms with Gasteiger partial charge in [0.1, 0.15) is 5.75 Å². The molecule has 0 aliphatic heterocycles. The number of hydrogen-bond donors (Lipinski definition) is 0. The first-order valence-corrected chi connectivity index (χ1v) is 6.10. The van der Waals surface area contributed by atoms with E-state index in [1.165, 1.54) is 5.56 Å². The van der Waals surface area contributed by atoms with E-state index in [0.29, 0.717) is 5.88 Å². The van der Waals surface area contributed by atoms with Gasteiger partial charge in [0.05, 0.1) is 0 Å². The molecule has 0 atom stereocenters. The molecule has 0 saturated carbocycles. The van der Waals surface area contributed by atoms with E-state index < -0.39 is 0 Å². The van der Waals surface area contributed by atoms with Gasteiger partial charge < -0.3 is 4.74 Å². The minimum atomic E-state index is 0.192. The first-order valence-electron chi connectivity index (χ1n) is 5.72. The van der Waals surface area contributed by atoms with Crippen molar-refractivity contribution in [1.29, 1.82) is 0 Å². The highest BCUT2D eigenvalue weighted by Crippen LogP contribution is 2.29. The summed E-state index contributed by atoms with van der Waals surface area (Å²) in [5.41, 5.74) is 4.32. The van der Waals surface area contributed by atoms with Crippen molar-refractivity contribution in [3.8, 4) is 11.6 Å². The Hall–Kier alpha value is -1.61. The van der Waals surface area contributed by atoms with Gasteiger partial charge >= 0.3 is 0 Å². The zero-order valence-corrected chi connectivity index (χ0v) is 11.7. The summed E-state index contributed by atoms with van der Waals surface area (Å²) in [6.07, 6.45) is 1.66. The molecule has 1 aromatic carbocycles. The number of aromatic nitrogens is 2. The summed E-state index contributed by atoms with van der Waals surface area (Å²) in [6, 6.07) is 4.12. The van der Waals surface area contributed by atoms with E-state index in [1.807, 2.05) is 26.8 Å². The number of ether oxygens (including phenoxy) is 1. The molecule has 0 unspecified atom stereocenters. The van der Waals surface area contributed by atoms with Crippen LogP contribution in [0, 0.1) is 27.7 Å². The second kappa shape index (κ2) is 4.94. The molecule has 2 rings (SSSR count). The van der Waals surface area contributed by atoms with Crippen molar-refractivity contribution >= 4 is 11.6 Å². The highest BCUT2D eigenvalue weighted by Gasteiger charge is 2.09. The molecule has 0 aliphatic rings. The topological polar surface area (TPSA) is 35.0 Å². The Bertz CT molecular complexity index is 597. The van der Waals surface area contributed by atoms with Crippen molar-refractivity contribution in [3.05, 3.63) is 45.9 Å². The molecule has 4 heteroatoms. The van der Waals surface area contributed by atoms with E-state index in [2.05, 4.69) is 23.0 Å². The highest BCUT2D eigenvalue weighted by molar-refractivity contribution is 6.28. The van der Waals surface area contributed by atoms with Crippen LogP contribution in [0.3, 0.4) is 0 Å². The van der Waals surface area contributed by atoms with Crippen LogP contribution in [-0.2, 0) is 0 Å². The molecular weight excluding hydrogens is 248 g/mol. The Balaban J connectivity index is 2.43. The molecule has 94 valence electrons. The normalized spacial score (nSPS) is 10.5. The van der Waals surface area contributed by atoms with Crippen molar-refractivity contribution in [3.63, 3.8) is 0 Å². The second-order valence-electron chi connectivity index (χ2n) is 4.43. The van der Waals surface area contributed by atoms with E-state index in [9.17, 15) is 0 Å². The Morgan fingerprint density at radius 1 is 1.06 bits per heavy atom. The van der Waals surface area contributed by atoms with Crippen molar-refractivity contribution in [2.24, 2.45) is 0 Å². The second-order valence-corrected chi connectivity index (χ2v) is 4.77. The van der Waals surface area contributed by atoms with Crippen LogP contribution in [0.15, 0.2) is 18.3 Å². The summed E-state index contributed by atoms with van der Waals surface area (Å²) in [4.78, 5) is 8.01. The third kappa shape index (κ3) is 2.62. The molecule has 1 aromatic heterocycles. The first-order chi connectivity index (χ1) is 8.47. The van der Waals surface area contributed by atoms with E-state index in [-0.39, 0.29) is 5.28 Å². The zero-order valence-electron chi connectivity index (χ0n) is 10.9. The molecule has 0 radical (unpaired) electrons. The summed E-state index contributed by atoms with van der Waals surface area (Å²) < 4.78 is 5.85. The van der Waals surface area contributed by atoms with Gasteiger partial charge in [-0.1, -0.05) is 6.07 Å². The predicted molar refractivity (Wildman–Crippen MR) is 72.5 cm³/mol. The van der Waals surface area contributed by atoms with Crippen LogP contribution in [0.4, 0.5) is 0 Å². The third-order valence-electron chi connectivity index (χ3n) is 2.87. The summed E-state index contributed by atoms with van der Waals surface area (Å²) in [6.45, 7) is 8.03. The molecule has 3 nitrogen and oxygen atoms in total. The van der Waals surface area contributed by atoms with Gasteiger partial charge in [-0.2, -0.15) is 4.98 Å². The van der Waals surface area contributed by atoms with Crippen LogP contribution < -0.4 is 4.74 Å². The van der Waals surface area contributed by atoms with E-state index >= 15 is 0 Å². The highest BCUT2D eigenvalue weighted by atomic mass is 35.5. The fourth-order valence-corrected chi connectivity index (χ4v) is 1.85. The number of benzene rings is 1. The lowest BCUT2D eigenvalue weighted by Gasteiger charge is -2.12. The molecule has 0 bridgehead atoms. The minimum Gasteiger partial charge on any atom is -0.438 e. The van der Waals surface area contributed by atoms with Gasteiger partial charge in [-0.3, -0.25) is 0 Å². The monoisotopic (exact) mass is 262 g/mol. The summed E-state index contributed by atoms with van der Waals surface area (Å²) in [7, 11) is 0. The molecule has 0 amide bonds. The number of rotatable bonds is 2. The van der Waals surface area contributed by atoms with E-state index in [0.717, 1.165) is 22.4 Å². The summed E-state index contributed by atoms with van der Waals surface area (Å²) in [5, 5.41) is 0.192. The maximum absolute atomic E-state index is 5.85. The molecule has 0 aliphatic carbocycles. The quantitative estimate of drug-likeness (QED) is 0.763. The lowest BCUT2D eigenvalue weighted by Crippen LogP contribution is -1.96. The molecular formula is C14H15ClN2O. The average Bonchev–Trinajstić information content (AvgIpc) is 2.30. The standard InChI is InChI=1S/C14H15ClN2O/c1-8-5-9(2)11(4)12(6-8)18-13-10(3)7-16-14(15)17-13/h5-7H,1-4H3. The maximum Gasteiger partial charge on any atom is 0.226 e. The van der Waals surface area contributed by atoms with E-state index in [4.69, 9.17) is 16.3 Å². The van der Waals surface area contributed by atoms with Crippen LogP contribution in [0.5, 0.6) is 11.6 Å².